The summed E-state index contributed by atoms with van der Waals surface area (Å²) in [7, 11) is 0. The van der Waals surface area contributed by atoms with Gasteiger partial charge in [0.15, 0.2) is 0 Å². The maximum atomic E-state index is 2.55. The second-order valence-corrected chi connectivity index (χ2v) is 15.7. The van der Waals surface area contributed by atoms with E-state index in [2.05, 4.69) is 207 Å². The molecule has 2 heteroatoms. The van der Waals surface area contributed by atoms with Gasteiger partial charge >= 0.3 is 0 Å². The van der Waals surface area contributed by atoms with Gasteiger partial charge < -0.3 is 9.47 Å². The van der Waals surface area contributed by atoms with Crippen molar-refractivity contribution in [3.63, 3.8) is 0 Å². The van der Waals surface area contributed by atoms with Crippen molar-refractivity contribution >= 4 is 38.9 Å². The Bertz CT molecular complexity index is 2450. The molecule has 8 aromatic rings. The summed E-state index contributed by atoms with van der Waals surface area (Å²) in [6, 6.07) is 62.2. The first-order valence-electron chi connectivity index (χ1n) is 18.6. The molecule has 254 valence electrons. The van der Waals surface area contributed by atoms with Gasteiger partial charge in [0.05, 0.1) is 16.7 Å². The van der Waals surface area contributed by atoms with Crippen LogP contribution in [0, 0.1) is 0 Å². The van der Waals surface area contributed by atoms with Crippen LogP contribution in [-0.2, 0) is 10.8 Å². The molecule has 1 aliphatic rings. The molecule has 1 heterocycles. The van der Waals surface area contributed by atoms with Crippen LogP contribution in [0.5, 0.6) is 0 Å². The van der Waals surface area contributed by atoms with Gasteiger partial charge in [-0.2, -0.15) is 0 Å². The van der Waals surface area contributed by atoms with Crippen LogP contribution in [0.25, 0.3) is 49.7 Å². The highest BCUT2D eigenvalue weighted by Gasteiger charge is 2.39. The van der Waals surface area contributed by atoms with E-state index in [-0.39, 0.29) is 10.8 Å². The third-order valence-corrected chi connectivity index (χ3v) is 11.4. The third kappa shape index (κ3) is 5.42. The largest absolute Gasteiger partial charge is 0.310 e. The van der Waals surface area contributed by atoms with Crippen LogP contribution in [0.15, 0.2) is 170 Å². The van der Waals surface area contributed by atoms with E-state index in [4.69, 9.17) is 0 Å². The zero-order chi connectivity index (χ0) is 35.5. The summed E-state index contributed by atoms with van der Waals surface area (Å²) in [6.07, 6.45) is 2.35. The summed E-state index contributed by atoms with van der Waals surface area (Å²) in [6.45, 7) is 9.70. The number of aromatic nitrogens is 1. The summed E-state index contributed by atoms with van der Waals surface area (Å²) >= 11 is 0. The minimum atomic E-state index is 0.0593. The van der Waals surface area contributed by atoms with Gasteiger partial charge in [-0.15, -0.1) is 0 Å². The van der Waals surface area contributed by atoms with Crippen molar-refractivity contribution in [2.45, 2.75) is 51.4 Å². The van der Waals surface area contributed by atoms with Crippen LogP contribution in [0.2, 0.25) is 0 Å². The smallest absolute Gasteiger partial charge is 0.0562 e. The lowest BCUT2D eigenvalue weighted by atomic mass is 9.62. The third-order valence-electron chi connectivity index (χ3n) is 11.4. The molecule has 0 N–H and O–H groups in total. The predicted octanol–water partition coefficient (Wildman–Crippen LogP) is 13.9. The Hall–Kier alpha value is -5.86. The standard InChI is InChI=1S/C50H44N2/c1-49(2)32-33-50(3,4)48-44(49)19-13-21-46(48)52-45-20-12-11-18-42(45)43-31-30-41(34-47(43)52)51(39-26-22-37(23-27-39)35-14-7-5-8-15-35)40-28-24-38(25-29-40)36-16-9-6-10-17-36/h5-31,34H,32-33H2,1-4H3. The minimum Gasteiger partial charge on any atom is -0.310 e. The molecule has 0 atom stereocenters. The van der Waals surface area contributed by atoms with E-state index >= 15 is 0 Å². The van der Waals surface area contributed by atoms with E-state index in [1.807, 2.05) is 0 Å². The van der Waals surface area contributed by atoms with Crippen molar-refractivity contribution in [2.24, 2.45) is 0 Å². The lowest BCUT2D eigenvalue weighted by Crippen LogP contribution is -2.35. The zero-order valence-electron chi connectivity index (χ0n) is 30.5. The highest BCUT2D eigenvalue weighted by molar-refractivity contribution is 6.10. The predicted molar refractivity (Wildman–Crippen MR) is 222 cm³/mol. The Kier molecular flexibility index (Phi) is 7.66. The molecule has 52 heavy (non-hydrogen) atoms. The molecule has 0 fully saturated rings. The molecule has 9 rings (SSSR count). The number of anilines is 3. The average Bonchev–Trinajstić information content (AvgIpc) is 3.51. The fraction of sp³-hybridized carbons (Fsp3) is 0.160. The van der Waals surface area contributed by atoms with E-state index in [1.165, 1.54) is 67.3 Å². The molecule has 1 aliphatic carbocycles. The van der Waals surface area contributed by atoms with E-state index in [1.54, 1.807) is 0 Å². The van der Waals surface area contributed by atoms with Gasteiger partial charge in [0.25, 0.3) is 0 Å². The summed E-state index contributed by atoms with van der Waals surface area (Å²) in [5.41, 5.74) is 15.1. The first-order valence-corrected chi connectivity index (χ1v) is 18.6. The molecular formula is C50H44N2. The Balaban J connectivity index is 1.26. The second kappa shape index (κ2) is 12.4. The van der Waals surface area contributed by atoms with Crippen molar-refractivity contribution in [3.05, 3.63) is 181 Å². The molecular weight excluding hydrogens is 629 g/mol. The molecule has 0 aliphatic heterocycles. The maximum absolute atomic E-state index is 2.55. The maximum Gasteiger partial charge on any atom is 0.0562 e. The first-order chi connectivity index (χ1) is 25.3. The fourth-order valence-corrected chi connectivity index (χ4v) is 8.56. The Morgan fingerprint density at radius 2 is 0.923 bits per heavy atom. The first kappa shape index (κ1) is 32.1. The van der Waals surface area contributed by atoms with E-state index in [9.17, 15) is 0 Å². The molecule has 0 saturated carbocycles. The summed E-state index contributed by atoms with van der Waals surface area (Å²) in [5, 5.41) is 2.55. The molecule has 0 amide bonds. The van der Waals surface area contributed by atoms with Crippen LogP contribution in [0.3, 0.4) is 0 Å². The van der Waals surface area contributed by atoms with Gasteiger partial charge in [-0.25, -0.2) is 0 Å². The van der Waals surface area contributed by atoms with Crippen LogP contribution in [-0.4, -0.2) is 4.57 Å². The van der Waals surface area contributed by atoms with E-state index in [0.29, 0.717) is 0 Å². The summed E-state index contributed by atoms with van der Waals surface area (Å²) < 4.78 is 2.55. The molecule has 2 nitrogen and oxygen atoms in total. The number of para-hydroxylation sites is 1. The number of benzene rings is 7. The van der Waals surface area contributed by atoms with Crippen LogP contribution >= 0.6 is 0 Å². The van der Waals surface area contributed by atoms with Gasteiger partial charge in [-0.3, -0.25) is 0 Å². The average molecular weight is 673 g/mol. The molecule has 0 unspecified atom stereocenters. The lowest BCUT2D eigenvalue weighted by molar-refractivity contribution is 0.331. The molecule has 0 spiro atoms. The molecule has 0 bridgehead atoms. The number of hydrogen-bond donors (Lipinski definition) is 0. The van der Waals surface area contributed by atoms with Crippen molar-refractivity contribution in [2.75, 3.05) is 4.90 Å². The van der Waals surface area contributed by atoms with Crippen molar-refractivity contribution in [1.29, 1.82) is 0 Å². The second-order valence-electron chi connectivity index (χ2n) is 15.7. The molecule has 1 aromatic heterocycles. The van der Waals surface area contributed by atoms with Crippen molar-refractivity contribution in [3.8, 4) is 27.9 Å². The lowest BCUT2D eigenvalue weighted by Gasteiger charge is -2.43. The number of nitrogens with zero attached hydrogens (tertiary/aromatic N) is 2. The van der Waals surface area contributed by atoms with Gasteiger partial charge in [-0.05, 0) is 106 Å². The molecule has 0 radical (unpaired) electrons. The number of rotatable bonds is 6. The minimum absolute atomic E-state index is 0.0593. The highest BCUT2D eigenvalue weighted by atomic mass is 15.1. The van der Waals surface area contributed by atoms with Crippen LogP contribution < -0.4 is 4.90 Å². The van der Waals surface area contributed by atoms with Crippen LogP contribution in [0.4, 0.5) is 17.1 Å². The van der Waals surface area contributed by atoms with Crippen LogP contribution in [0.1, 0.15) is 51.7 Å². The van der Waals surface area contributed by atoms with E-state index in [0.717, 1.165) is 23.5 Å². The Morgan fingerprint density at radius 3 is 1.54 bits per heavy atom. The quantitative estimate of drug-likeness (QED) is 0.171. The monoisotopic (exact) mass is 672 g/mol. The molecule has 7 aromatic carbocycles. The van der Waals surface area contributed by atoms with Gasteiger partial charge in [0, 0.05) is 27.8 Å². The topological polar surface area (TPSA) is 8.17 Å². The summed E-state index contributed by atoms with van der Waals surface area (Å²) in [4.78, 5) is 2.40. The highest BCUT2D eigenvalue weighted by Crippen LogP contribution is 2.49. The van der Waals surface area contributed by atoms with Crippen molar-refractivity contribution in [1.82, 2.24) is 4.57 Å². The van der Waals surface area contributed by atoms with Gasteiger partial charge in [-0.1, -0.05) is 149 Å². The number of fused-ring (bicyclic) bond motifs is 4. The normalized spacial score (nSPS) is 14.7. The fourth-order valence-electron chi connectivity index (χ4n) is 8.56. The van der Waals surface area contributed by atoms with Gasteiger partial charge in [0.2, 0.25) is 0 Å². The van der Waals surface area contributed by atoms with E-state index < -0.39 is 0 Å². The summed E-state index contributed by atoms with van der Waals surface area (Å²) in [5.74, 6) is 0. The SMILES string of the molecule is CC1(C)CCC(C)(C)c2c(-n3c4ccccc4c4ccc(N(c5ccc(-c6ccccc6)cc5)c5ccc(-c6ccccc6)cc5)cc43)cccc21. The molecule has 0 saturated heterocycles. The van der Waals surface area contributed by atoms with Crippen molar-refractivity contribution < 1.29 is 0 Å². The number of hydrogen-bond acceptors (Lipinski definition) is 1. The Morgan fingerprint density at radius 1 is 0.423 bits per heavy atom. The van der Waals surface area contributed by atoms with Gasteiger partial charge in [0.1, 0.15) is 0 Å². The zero-order valence-corrected chi connectivity index (χ0v) is 30.5. The Labute approximate surface area is 307 Å².